The molecule has 2 aliphatic heterocycles. The summed E-state index contributed by atoms with van der Waals surface area (Å²) in [5, 5.41) is 14.0. The van der Waals surface area contributed by atoms with E-state index < -0.39 is 11.7 Å². The lowest BCUT2D eigenvalue weighted by atomic mass is 10.0. The molecule has 1 aromatic rings. The van der Waals surface area contributed by atoms with E-state index in [0.717, 1.165) is 12.3 Å². The average Bonchev–Trinajstić information content (AvgIpc) is 3.17. The van der Waals surface area contributed by atoms with Crippen LogP contribution in [-0.4, -0.2) is 57.9 Å². The highest BCUT2D eigenvalue weighted by Crippen LogP contribution is 2.31. The Hall–Kier alpha value is -2.06. The van der Waals surface area contributed by atoms with Crippen LogP contribution in [0.3, 0.4) is 0 Å². The minimum absolute atomic E-state index is 0.0804. The van der Waals surface area contributed by atoms with E-state index in [1.54, 1.807) is 11.8 Å². The summed E-state index contributed by atoms with van der Waals surface area (Å²) in [7, 11) is 0. The molecule has 0 aromatic carbocycles. The third kappa shape index (κ3) is 4.33. The van der Waals surface area contributed by atoms with Gasteiger partial charge in [0.2, 0.25) is 0 Å². The second-order valence-corrected chi connectivity index (χ2v) is 7.87. The third-order valence-electron chi connectivity index (χ3n) is 5.26. The first-order chi connectivity index (χ1) is 13.3. The van der Waals surface area contributed by atoms with Gasteiger partial charge in [-0.05, 0) is 31.9 Å². The van der Waals surface area contributed by atoms with E-state index >= 15 is 0 Å². The van der Waals surface area contributed by atoms with Crippen molar-refractivity contribution >= 4 is 17.6 Å². The summed E-state index contributed by atoms with van der Waals surface area (Å²) in [6.45, 7) is 3.01. The predicted molar refractivity (Wildman–Crippen MR) is 100 cm³/mol. The maximum absolute atomic E-state index is 12.7. The van der Waals surface area contributed by atoms with Gasteiger partial charge >= 0.3 is 6.18 Å². The monoisotopic (exact) mass is 414 g/mol. The highest BCUT2D eigenvalue weighted by Gasteiger charge is 2.36. The Bertz CT molecular complexity index is 717. The van der Waals surface area contributed by atoms with E-state index in [1.807, 2.05) is 16.7 Å². The minimum Gasteiger partial charge on any atom is -0.356 e. The van der Waals surface area contributed by atoms with E-state index in [0.29, 0.717) is 43.4 Å². The molecule has 3 rings (SSSR count). The first-order valence-electron chi connectivity index (χ1n) is 8.98. The Labute approximate surface area is 165 Å². The molecule has 0 bridgehead atoms. The molecule has 2 atom stereocenters. The molecule has 2 fully saturated rings. The Morgan fingerprint density at radius 2 is 2.11 bits per heavy atom. The SMILES string of the molecule is CC(N1CSCC1C#N)N(N=O)C1CCN(c2ccc(C(F)(F)F)cn2)CC1. The molecule has 11 heteroatoms. The zero-order valence-electron chi connectivity index (χ0n) is 15.3. The number of hydrogen-bond acceptors (Lipinski definition) is 7. The molecular formula is C17H21F3N6OS. The number of pyridine rings is 1. The van der Waals surface area contributed by atoms with Gasteiger partial charge in [0.05, 0.1) is 23.0 Å². The summed E-state index contributed by atoms with van der Waals surface area (Å²) >= 11 is 1.65. The Kier molecular flexibility index (Phi) is 6.30. The molecule has 0 aliphatic carbocycles. The Morgan fingerprint density at radius 3 is 2.64 bits per heavy atom. The molecular weight excluding hydrogens is 393 g/mol. The third-order valence-corrected chi connectivity index (χ3v) is 6.29. The van der Waals surface area contributed by atoms with E-state index in [2.05, 4.69) is 16.3 Å². The zero-order chi connectivity index (χ0) is 20.3. The van der Waals surface area contributed by atoms with Crippen LogP contribution in [0.5, 0.6) is 0 Å². The van der Waals surface area contributed by atoms with Crippen molar-refractivity contribution in [2.45, 2.75) is 44.2 Å². The number of aromatic nitrogens is 1. The molecule has 0 saturated carbocycles. The lowest BCUT2D eigenvalue weighted by molar-refractivity contribution is -0.137. The van der Waals surface area contributed by atoms with Crippen LogP contribution in [0, 0.1) is 16.2 Å². The maximum Gasteiger partial charge on any atom is 0.417 e. The summed E-state index contributed by atoms with van der Waals surface area (Å²) in [5.41, 5.74) is -0.771. The number of rotatable bonds is 5. The van der Waals surface area contributed by atoms with Crippen molar-refractivity contribution < 1.29 is 13.2 Å². The molecule has 0 radical (unpaired) electrons. The van der Waals surface area contributed by atoms with Crippen LogP contribution in [0.2, 0.25) is 0 Å². The lowest BCUT2D eigenvalue weighted by Crippen LogP contribution is -2.52. The van der Waals surface area contributed by atoms with Crippen LogP contribution in [0.4, 0.5) is 19.0 Å². The molecule has 28 heavy (non-hydrogen) atoms. The lowest BCUT2D eigenvalue weighted by Gasteiger charge is -2.41. The fourth-order valence-electron chi connectivity index (χ4n) is 3.63. The second kappa shape index (κ2) is 8.53. The number of nitrogens with zero attached hydrogens (tertiary/aromatic N) is 6. The topological polar surface area (TPSA) is 75.8 Å². The van der Waals surface area contributed by atoms with Crippen molar-refractivity contribution in [3.63, 3.8) is 0 Å². The standard InChI is InChI=1S/C17H21F3N6OS/c1-12(25-11-28-10-15(25)8-21)26(23-27)14-4-6-24(7-5-14)16-3-2-13(9-22-16)17(18,19)20/h2-3,9,12,14-15H,4-7,10-11H2,1H3. The van der Waals surface area contributed by atoms with Gasteiger partial charge in [0.25, 0.3) is 0 Å². The van der Waals surface area contributed by atoms with Gasteiger partial charge in [0.1, 0.15) is 18.0 Å². The molecule has 0 N–H and O–H groups in total. The van der Waals surface area contributed by atoms with Crippen molar-refractivity contribution in [2.75, 3.05) is 29.6 Å². The predicted octanol–water partition coefficient (Wildman–Crippen LogP) is 3.30. The van der Waals surface area contributed by atoms with E-state index in [-0.39, 0.29) is 18.2 Å². The summed E-state index contributed by atoms with van der Waals surface area (Å²) < 4.78 is 38.0. The van der Waals surface area contributed by atoms with Crippen LogP contribution in [0.25, 0.3) is 0 Å². The van der Waals surface area contributed by atoms with E-state index in [1.165, 1.54) is 11.1 Å². The summed E-state index contributed by atoms with van der Waals surface area (Å²) in [5.74, 6) is 1.89. The number of nitroso groups, excluding NO2 is 1. The van der Waals surface area contributed by atoms with Gasteiger partial charge in [-0.25, -0.2) is 9.99 Å². The van der Waals surface area contributed by atoms with Crippen molar-refractivity contribution in [3.8, 4) is 6.07 Å². The highest BCUT2D eigenvalue weighted by molar-refractivity contribution is 7.99. The van der Waals surface area contributed by atoms with Crippen LogP contribution in [-0.2, 0) is 6.18 Å². The highest BCUT2D eigenvalue weighted by atomic mass is 32.2. The first kappa shape index (κ1) is 20.7. The average molecular weight is 414 g/mol. The van der Waals surface area contributed by atoms with Crippen molar-refractivity contribution in [3.05, 3.63) is 28.8 Å². The quantitative estimate of drug-likeness (QED) is 0.541. The number of anilines is 1. The van der Waals surface area contributed by atoms with Gasteiger partial charge in [-0.2, -0.15) is 18.4 Å². The Morgan fingerprint density at radius 1 is 1.39 bits per heavy atom. The Balaban J connectivity index is 1.60. The van der Waals surface area contributed by atoms with Gasteiger partial charge in [0.15, 0.2) is 0 Å². The van der Waals surface area contributed by atoms with E-state index in [9.17, 15) is 23.3 Å². The van der Waals surface area contributed by atoms with Gasteiger partial charge < -0.3 is 4.90 Å². The number of halogens is 3. The summed E-state index contributed by atoms with van der Waals surface area (Å²) in [6, 6.07) is 4.35. The first-order valence-corrected chi connectivity index (χ1v) is 10.1. The smallest absolute Gasteiger partial charge is 0.356 e. The summed E-state index contributed by atoms with van der Waals surface area (Å²) in [4.78, 5) is 19.3. The van der Waals surface area contributed by atoms with Crippen molar-refractivity contribution in [2.24, 2.45) is 5.29 Å². The minimum atomic E-state index is -4.40. The van der Waals surface area contributed by atoms with Gasteiger partial charge in [-0.1, -0.05) is 0 Å². The number of hydrogen-bond donors (Lipinski definition) is 0. The van der Waals surface area contributed by atoms with Crippen LogP contribution in [0.15, 0.2) is 23.6 Å². The molecule has 152 valence electrons. The fourth-order valence-corrected chi connectivity index (χ4v) is 4.83. The van der Waals surface area contributed by atoms with Gasteiger partial charge in [-0.15, -0.1) is 16.7 Å². The molecule has 0 amide bonds. The number of piperidine rings is 1. The molecule has 2 aliphatic rings. The van der Waals surface area contributed by atoms with Crippen LogP contribution >= 0.6 is 11.8 Å². The molecule has 3 heterocycles. The molecule has 2 unspecified atom stereocenters. The van der Waals surface area contributed by atoms with Gasteiger partial charge in [-0.3, -0.25) is 4.90 Å². The molecule has 7 nitrogen and oxygen atoms in total. The molecule has 2 saturated heterocycles. The number of nitriles is 1. The largest absolute Gasteiger partial charge is 0.417 e. The molecule has 1 aromatic heterocycles. The second-order valence-electron chi connectivity index (χ2n) is 6.87. The molecule has 0 spiro atoms. The van der Waals surface area contributed by atoms with Crippen LogP contribution in [0.1, 0.15) is 25.3 Å². The number of thioether (sulfide) groups is 1. The summed E-state index contributed by atoms with van der Waals surface area (Å²) in [6.07, 6.45) is -2.57. The van der Waals surface area contributed by atoms with Crippen molar-refractivity contribution in [1.29, 1.82) is 5.26 Å². The number of alkyl halides is 3. The van der Waals surface area contributed by atoms with Crippen molar-refractivity contribution in [1.82, 2.24) is 14.9 Å². The van der Waals surface area contributed by atoms with Gasteiger partial charge in [0, 0.05) is 30.9 Å². The van der Waals surface area contributed by atoms with Crippen LogP contribution < -0.4 is 4.90 Å². The maximum atomic E-state index is 12.7. The fraction of sp³-hybridized carbons (Fsp3) is 0.647. The normalized spacial score (nSPS) is 22.7. The zero-order valence-corrected chi connectivity index (χ0v) is 16.2. The van der Waals surface area contributed by atoms with E-state index in [4.69, 9.17) is 0 Å².